The normalized spacial score (nSPS) is 17.1. The van der Waals surface area contributed by atoms with E-state index in [1.807, 2.05) is 16.7 Å². The third-order valence-corrected chi connectivity index (χ3v) is 2.17. The van der Waals surface area contributed by atoms with Crippen LogP contribution in [0, 0.1) is 5.92 Å². The van der Waals surface area contributed by atoms with Gasteiger partial charge in [0.15, 0.2) is 5.92 Å². The van der Waals surface area contributed by atoms with Crippen LogP contribution in [-0.2, 0) is 9.59 Å². The minimum atomic E-state index is -1.08. The second-order valence-electron chi connectivity index (χ2n) is 3.40. The first-order valence-electron chi connectivity index (χ1n) is 4.92. The number of para-hydroxylation sites is 1. The molecule has 1 aliphatic heterocycles. The zero-order valence-corrected chi connectivity index (χ0v) is 8.71. The lowest BCUT2D eigenvalue weighted by Gasteiger charge is -2.16. The minimum absolute atomic E-state index is 0.630. The van der Waals surface area contributed by atoms with Gasteiger partial charge in [0, 0.05) is 6.21 Å². The van der Waals surface area contributed by atoms with Crippen LogP contribution in [0.3, 0.4) is 0 Å². The Morgan fingerprint density at radius 3 is 2.18 bits per heavy atom. The maximum absolute atomic E-state index is 11.4. The summed E-state index contributed by atoms with van der Waals surface area (Å²) in [6, 6.07) is 8.08. The lowest BCUT2D eigenvalue weighted by molar-refractivity contribution is -0.132. The highest BCUT2D eigenvalue weighted by atomic mass is 16.2. The fourth-order valence-electron chi connectivity index (χ4n) is 1.34. The van der Waals surface area contributed by atoms with Crippen LogP contribution in [-0.4, -0.2) is 24.1 Å². The second-order valence-corrected chi connectivity index (χ2v) is 3.40. The van der Waals surface area contributed by atoms with Gasteiger partial charge in [0.25, 0.3) is 0 Å². The number of carbonyl (C=O) groups excluding carboxylic acids is 3. The van der Waals surface area contributed by atoms with Gasteiger partial charge in [0.05, 0.1) is 5.69 Å². The summed E-state index contributed by atoms with van der Waals surface area (Å²) in [5, 5.41) is 3.99. The quantitative estimate of drug-likeness (QED) is 0.569. The van der Waals surface area contributed by atoms with E-state index >= 15 is 0 Å². The van der Waals surface area contributed by atoms with Crippen molar-refractivity contribution in [3.05, 3.63) is 30.3 Å². The Morgan fingerprint density at radius 2 is 1.59 bits per heavy atom. The number of benzene rings is 1. The summed E-state index contributed by atoms with van der Waals surface area (Å²) in [7, 11) is 0. The third-order valence-electron chi connectivity index (χ3n) is 2.17. The van der Waals surface area contributed by atoms with Gasteiger partial charge in [-0.25, -0.2) is 4.79 Å². The average molecular weight is 231 g/mol. The van der Waals surface area contributed by atoms with Crippen molar-refractivity contribution in [2.45, 2.75) is 0 Å². The van der Waals surface area contributed by atoms with Crippen molar-refractivity contribution in [1.82, 2.24) is 10.6 Å². The van der Waals surface area contributed by atoms with Crippen molar-refractivity contribution in [1.29, 1.82) is 0 Å². The van der Waals surface area contributed by atoms with Gasteiger partial charge in [0.1, 0.15) is 0 Å². The van der Waals surface area contributed by atoms with Gasteiger partial charge in [-0.3, -0.25) is 25.2 Å². The molecule has 0 atom stereocenters. The van der Waals surface area contributed by atoms with E-state index < -0.39 is 23.8 Å². The van der Waals surface area contributed by atoms with Gasteiger partial charge < -0.3 is 0 Å². The Hall–Kier alpha value is -2.50. The molecule has 1 aliphatic rings. The largest absolute Gasteiger partial charge is 0.328 e. The van der Waals surface area contributed by atoms with E-state index in [1.54, 1.807) is 24.3 Å². The number of carbonyl (C=O) groups is 3. The summed E-state index contributed by atoms with van der Waals surface area (Å²) >= 11 is 0. The molecule has 1 aromatic carbocycles. The SMILES string of the molecule is O=C1NC(=O)C(C=Nc2ccccc2)C(=O)N1. The Labute approximate surface area is 96.7 Å². The van der Waals surface area contributed by atoms with Crippen LogP contribution < -0.4 is 10.6 Å². The minimum Gasteiger partial charge on any atom is -0.277 e. The number of amides is 4. The number of imide groups is 2. The Bertz CT molecular complexity index is 476. The lowest BCUT2D eigenvalue weighted by atomic mass is 10.1. The third kappa shape index (κ3) is 2.54. The van der Waals surface area contributed by atoms with E-state index in [-0.39, 0.29) is 0 Å². The van der Waals surface area contributed by atoms with Gasteiger partial charge >= 0.3 is 6.03 Å². The van der Waals surface area contributed by atoms with E-state index in [0.717, 1.165) is 0 Å². The first-order valence-corrected chi connectivity index (χ1v) is 4.92. The topological polar surface area (TPSA) is 87.6 Å². The number of aliphatic imine (C=N–C) groups is 1. The first kappa shape index (κ1) is 11.0. The van der Waals surface area contributed by atoms with Crippen LogP contribution in [0.2, 0.25) is 0 Å². The van der Waals surface area contributed by atoms with Crippen molar-refractivity contribution in [2.75, 3.05) is 0 Å². The Morgan fingerprint density at radius 1 is 1.00 bits per heavy atom. The molecular weight excluding hydrogens is 222 g/mol. The molecule has 6 heteroatoms. The van der Waals surface area contributed by atoms with Crippen molar-refractivity contribution in [3.8, 4) is 0 Å². The van der Waals surface area contributed by atoms with Gasteiger partial charge in [0.2, 0.25) is 11.8 Å². The van der Waals surface area contributed by atoms with Gasteiger partial charge in [-0.15, -0.1) is 0 Å². The summed E-state index contributed by atoms with van der Waals surface area (Å²) < 4.78 is 0. The number of nitrogens with zero attached hydrogens (tertiary/aromatic N) is 1. The molecule has 1 heterocycles. The molecule has 0 bridgehead atoms. The summed E-state index contributed by atoms with van der Waals surface area (Å²) in [4.78, 5) is 37.5. The molecule has 0 aliphatic carbocycles. The number of nitrogens with one attached hydrogen (secondary N) is 2. The molecular formula is C11H9N3O3. The molecule has 1 saturated heterocycles. The van der Waals surface area contributed by atoms with E-state index in [1.165, 1.54) is 6.21 Å². The number of hydrogen-bond acceptors (Lipinski definition) is 4. The molecule has 1 fully saturated rings. The highest BCUT2D eigenvalue weighted by molar-refractivity contribution is 6.23. The molecule has 2 N–H and O–H groups in total. The van der Waals surface area contributed by atoms with Crippen molar-refractivity contribution >= 4 is 29.7 Å². The van der Waals surface area contributed by atoms with Crippen LogP contribution in [0.1, 0.15) is 0 Å². The van der Waals surface area contributed by atoms with E-state index in [0.29, 0.717) is 5.69 Å². The van der Waals surface area contributed by atoms with Gasteiger partial charge in [-0.1, -0.05) is 18.2 Å². The average Bonchev–Trinajstić information content (AvgIpc) is 2.29. The smallest absolute Gasteiger partial charge is 0.277 e. The van der Waals surface area contributed by atoms with Gasteiger partial charge in [-0.2, -0.15) is 0 Å². The molecule has 2 rings (SSSR count). The zero-order chi connectivity index (χ0) is 12.3. The highest BCUT2D eigenvalue weighted by Gasteiger charge is 2.32. The number of rotatable bonds is 2. The van der Waals surface area contributed by atoms with Crippen molar-refractivity contribution < 1.29 is 14.4 Å². The van der Waals surface area contributed by atoms with Crippen molar-refractivity contribution in [2.24, 2.45) is 10.9 Å². The van der Waals surface area contributed by atoms with Crippen LogP contribution >= 0.6 is 0 Å². The molecule has 17 heavy (non-hydrogen) atoms. The second kappa shape index (κ2) is 4.56. The van der Waals surface area contributed by atoms with Gasteiger partial charge in [-0.05, 0) is 12.1 Å². The summed E-state index contributed by atoms with van der Waals surface area (Å²) in [6.45, 7) is 0. The maximum atomic E-state index is 11.4. The van der Waals surface area contributed by atoms with Crippen LogP contribution in [0.25, 0.3) is 0 Å². The molecule has 86 valence electrons. The predicted molar refractivity (Wildman–Crippen MR) is 59.8 cm³/mol. The number of urea groups is 1. The summed E-state index contributed by atoms with van der Waals surface area (Å²) in [6.07, 6.45) is 1.21. The molecule has 1 aromatic rings. The van der Waals surface area contributed by atoms with E-state index in [9.17, 15) is 14.4 Å². The fourth-order valence-corrected chi connectivity index (χ4v) is 1.34. The lowest BCUT2D eigenvalue weighted by Crippen LogP contribution is -2.56. The zero-order valence-electron chi connectivity index (χ0n) is 8.71. The van der Waals surface area contributed by atoms with Crippen LogP contribution in [0.4, 0.5) is 10.5 Å². The Balaban J connectivity index is 2.13. The summed E-state index contributed by atoms with van der Waals surface area (Å²) in [5.74, 6) is -2.41. The maximum Gasteiger partial charge on any atom is 0.328 e. The Kier molecular flexibility index (Phi) is 2.95. The van der Waals surface area contributed by atoms with Crippen LogP contribution in [0.5, 0.6) is 0 Å². The molecule has 0 spiro atoms. The predicted octanol–water partition coefficient (Wildman–Crippen LogP) is 0.371. The highest BCUT2D eigenvalue weighted by Crippen LogP contribution is 2.10. The monoisotopic (exact) mass is 231 g/mol. The standard InChI is InChI=1S/C11H9N3O3/c15-9-8(10(16)14-11(17)13-9)6-12-7-4-2-1-3-5-7/h1-6,8H,(H2,13,14,15,16,17). The van der Waals surface area contributed by atoms with Crippen LogP contribution in [0.15, 0.2) is 35.3 Å². The first-order chi connectivity index (χ1) is 8.16. The fraction of sp³-hybridized carbons (Fsp3) is 0.0909. The molecule has 0 saturated carbocycles. The van der Waals surface area contributed by atoms with Crippen molar-refractivity contribution in [3.63, 3.8) is 0 Å². The molecule has 0 radical (unpaired) electrons. The molecule has 6 nitrogen and oxygen atoms in total. The molecule has 0 unspecified atom stereocenters. The van der Waals surface area contributed by atoms with E-state index in [4.69, 9.17) is 0 Å². The van der Waals surface area contributed by atoms with E-state index in [2.05, 4.69) is 4.99 Å². The summed E-state index contributed by atoms with van der Waals surface area (Å²) in [5.41, 5.74) is 0.630. The molecule has 0 aromatic heterocycles. The number of hydrogen-bond donors (Lipinski definition) is 2. The number of barbiturate groups is 1. The molecule has 4 amide bonds.